The molecule has 0 bridgehead atoms. The number of rotatable bonds is 2. The number of nitro benzene ring substituents is 1. The first kappa shape index (κ1) is 15.0. The summed E-state index contributed by atoms with van der Waals surface area (Å²) < 4.78 is 0. The van der Waals surface area contributed by atoms with Gasteiger partial charge >= 0.3 is 0 Å². The van der Waals surface area contributed by atoms with Crippen LogP contribution in [0.2, 0.25) is 0 Å². The van der Waals surface area contributed by atoms with Crippen molar-refractivity contribution in [1.29, 1.82) is 0 Å². The highest BCUT2D eigenvalue weighted by atomic mass is 16.6. The lowest BCUT2D eigenvalue weighted by Gasteiger charge is -2.41. The van der Waals surface area contributed by atoms with E-state index in [-0.39, 0.29) is 11.6 Å². The van der Waals surface area contributed by atoms with E-state index in [1.807, 2.05) is 4.90 Å². The molecule has 22 heavy (non-hydrogen) atoms. The topological polar surface area (TPSA) is 63.5 Å². The highest BCUT2D eigenvalue weighted by Crippen LogP contribution is 2.36. The van der Waals surface area contributed by atoms with E-state index in [4.69, 9.17) is 0 Å². The van der Waals surface area contributed by atoms with E-state index < -0.39 is 4.92 Å². The second kappa shape index (κ2) is 6.07. The molecule has 1 heterocycles. The molecule has 1 amide bonds. The van der Waals surface area contributed by atoms with E-state index in [1.54, 1.807) is 19.1 Å². The Bertz CT molecular complexity index is 600. The molecule has 1 aromatic carbocycles. The van der Waals surface area contributed by atoms with Gasteiger partial charge in [-0.05, 0) is 43.7 Å². The number of likely N-dealkylation sites (tertiary alicyclic amines) is 1. The van der Waals surface area contributed by atoms with Crippen molar-refractivity contribution >= 4 is 11.6 Å². The van der Waals surface area contributed by atoms with Gasteiger partial charge in [-0.25, -0.2) is 0 Å². The van der Waals surface area contributed by atoms with Gasteiger partial charge in [0.2, 0.25) is 0 Å². The average molecular weight is 302 g/mol. The number of carbonyl (C=O) groups is 1. The number of nitro groups is 1. The number of nitrogens with zero attached hydrogens (tertiary/aromatic N) is 2. The van der Waals surface area contributed by atoms with Gasteiger partial charge < -0.3 is 4.90 Å². The normalized spacial score (nSPS) is 24.7. The van der Waals surface area contributed by atoms with Crippen LogP contribution in [0.1, 0.15) is 48.0 Å². The molecule has 118 valence electrons. The highest BCUT2D eigenvalue weighted by Gasteiger charge is 2.33. The van der Waals surface area contributed by atoms with E-state index in [0.29, 0.717) is 17.0 Å². The largest absolute Gasteiger partial charge is 0.338 e. The molecule has 0 radical (unpaired) electrons. The molecule has 5 heteroatoms. The molecule has 1 aromatic rings. The van der Waals surface area contributed by atoms with Gasteiger partial charge in [0.05, 0.1) is 4.92 Å². The van der Waals surface area contributed by atoms with Crippen molar-refractivity contribution in [3.8, 4) is 0 Å². The lowest BCUT2D eigenvalue weighted by Crippen LogP contribution is -2.44. The van der Waals surface area contributed by atoms with Crippen LogP contribution in [0.25, 0.3) is 0 Å². The number of piperidine rings is 1. The van der Waals surface area contributed by atoms with E-state index >= 15 is 0 Å². The van der Waals surface area contributed by atoms with E-state index in [9.17, 15) is 14.9 Å². The van der Waals surface area contributed by atoms with Gasteiger partial charge in [-0.3, -0.25) is 14.9 Å². The Morgan fingerprint density at radius 1 is 1.23 bits per heavy atom. The van der Waals surface area contributed by atoms with E-state index in [2.05, 4.69) is 0 Å². The number of carbonyl (C=O) groups excluding carboxylic acids is 1. The quantitative estimate of drug-likeness (QED) is 0.620. The van der Waals surface area contributed by atoms with Crippen LogP contribution in [0, 0.1) is 28.9 Å². The molecule has 5 nitrogen and oxygen atoms in total. The minimum Gasteiger partial charge on any atom is -0.338 e. The lowest BCUT2D eigenvalue weighted by molar-refractivity contribution is -0.385. The van der Waals surface area contributed by atoms with Crippen LogP contribution in [-0.4, -0.2) is 28.8 Å². The zero-order valence-corrected chi connectivity index (χ0v) is 13.0. The third-order valence-electron chi connectivity index (χ3n) is 5.22. The molecule has 1 aliphatic carbocycles. The SMILES string of the molecule is Cc1cc(C(=O)N2CC[C@H]3CCCC[C@@H]3C2)ccc1[N+](=O)[O-]. The zero-order chi connectivity index (χ0) is 15.7. The molecule has 0 N–H and O–H groups in total. The van der Waals surface area contributed by atoms with Gasteiger partial charge in [-0.15, -0.1) is 0 Å². The van der Waals surface area contributed by atoms with Crippen LogP contribution < -0.4 is 0 Å². The first-order valence-corrected chi connectivity index (χ1v) is 8.10. The van der Waals surface area contributed by atoms with Crippen LogP contribution >= 0.6 is 0 Å². The van der Waals surface area contributed by atoms with E-state index in [1.165, 1.54) is 31.7 Å². The van der Waals surface area contributed by atoms with Gasteiger partial charge in [0.25, 0.3) is 11.6 Å². The van der Waals surface area contributed by atoms with Crippen LogP contribution in [0.5, 0.6) is 0 Å². The summed E-state index contributed by atoms with van der Waals surface area (Å²) >= 11 is 0. The van der Waals surface area contributed by atoms with Crippen LogP contribution in [0.3, 0.4) is 0 Å². The Balaban J connectivity index is 1.74. The Kier molecular flexibility index (Phi) is 4.14. The summed E-state index contributed by atoms with van der Waals surface area (Å²) in [6, 6.07) is 4.67. The lowest BCUT2D eigenvalue weighted by atomic mass is 9.75. The van der Waals surface area contributed by atoms with E-state index in [0.717, 1.165) is 25.4 Å². The van der Waals surface area contributed by atoms with Gasteiger partial charge in [0.1, 0.15) is 0 Å². The van der Waals surface area contributed by atoms with Crippen molar-refractivity contribution < 1.29 is 9.72 Å². The first-order chi connectivity index (χ1) is 10.6. The maximum atomic E-state index is 12.7. The summed E-state index contributed by atoms with van der Waals surface area (Å²) in [6.07, 6.45) is 6.25. The molecule has 0 spiro atoms. The summed E-state index contributed by atoms with van der Waals surface area (Å²) in [4.78, 5) is 25.1. The molecule has 3 rings (SSSR count). The number of amides is 1. The highest BCUT2D eigenvalue weighted by molar-refractivity contribution is 5.94. The maximum absolute atomic E-state index is 12.7. The van der Waals surface area contributed by atoms with Crippen LogP contribution in [0.4, 0.5) is 5.69 Å². The molecular formula is C17H22N2O3. The number of fused-ring (bicyclic) bond motifs is 1. The third kappa shape index (κ3) is 2.85. The first-order valence-electron chi connectivity index (χ1n) is 8.10. The second-order valence-electron chi connectivity index (χ2n) is 6.60. The minimum absolute atomic E-state index is 0.0158. The third-order valence-corrected chi connectivity index (χ3v) is 5.22. The molecule has 0 unspecified atom stereocenters. The fourth-order valence-electron chi connectivity index (χ4n) is 3.96. The Labute approximate surface area is 130 Å². The fraction of sp³-hybridized carbons (Fsp3) is 0.588. The Morgan fingerprint density at radius 2 is 1.95 bits per heavy atom. The van der Waals surface area contributed by atoms with Crippen molar-refractivity contribution in [2.45, 2.75) is 39.0 Å². The summed E-state index contributed by atoms with van der Waals surface area (Å²) in [5.74, 6) is 1.45. The summed E-state index contributed by atoms with van der Waals surface area (Å²) in [5, 5.41) is 10.9. The molecule has 1 aliphatic heterocycles. The Morgan fingerprint density at radius 3 is 2.64 bits per heavy atom. The fourth-order valence-corrected chi connectivity index (χ4v) is 3.96. The molecule has 2 fully saturated rings. The van der Waals surface area contributed by atoms with Gasteiger partial charge in [-0.1, -0.05) is 19.3 Å². The van der Waals surface area contributed by atoms with Gasteiger partial charge in [0, 0.05) is 30.3 Å². The average Bonchev–Trinajstić information content (AvgIpc) is 2.53. The van der Waals surface area contributed by atoms with Crippen LogP contribution in [-0.2, 0) is 0 Å². The molecular weight excluding hydrogens is 280 g/mol. The summed E-state index contributed by atoms with van der Waals surface area (Å²) in [5.41, 5.74) is 1.18. The number of hydrogen-bond acceptors (Lipinski definition) is 3. The maximum Gasteiger partial charge on any atom is 0.272 e. The van der Waals surface area contributed by atoms with Crippen molar-refractivity contribution in [2.75, 3.05) is 13.1 Å². The van der Waals surface area contributed by atoms with Gasteiger partial charge in [0.15, 0.2) is 0 Å². The smallest absolute Gasteiger partial charge is 0.272 e. The van der Waals surface area contributed by atoms with Crippen LogP contribution in [0.15, 0.2) is 18.2 Å². The summed E-state index contributed by atoms with van der Waals surface area (Å²) in [7, 11) is 0. The molecule has 1 saturated carbocycles. The Hall–Kier alpha value is -1.91. The molecule has 0 aromatic heterocycles. The predicted molar refractivity (Wildman–Crippen MR) is 83.8 cm³/mol. The van der Waals surface area contributed by atoms with Crippen molar-refractivity contribution in [2.24, 2.45) is 11.8 Å². The summed E-state index contributed by atoms with van der Waals surface area (Å²) in [6.45, 7) is 3.35. The number of hydrogen-bond donors (Lipinski definition) is 0. The zero-order valence-electron chi connectivity index (χ0n) is 13.0. The van der Waals surface area contributed by atoms with Gasteiger partial charge in [-0.2, -0.15) is 0 Å². The monoisotopic (exact) mass is 302 g/mol. The second-order valence-corrected chi connectivity index (χ2v) is 6.60. The molecule has 2 atom stereocenters. The number of benzene rings is 1. The predicted octanol–water partition coefficient (Wildman–Crippen LogP) is 3.56. The molecule has 1 saturated heterocycles. The minimum atomic E-state index is -0.406. The van der Waals surface area contributed by atoms with Crippen molar-refractivity contribution in [3.05, 3.63) is 39.4 Å². The van der Waals surface area contributed by atoms with Crippen molar-refractivity contribution in [3.63, 3.8) is 0 Å². The standard InChI is InChI=1S/C17H22N2O3/c1-12-10-14(6-7-16(12)19(21)22)17(20)18-9-8-13-4-2-3-5-15(13)11-18/h6-7,10,13,15H,2-5,8-9,11H2,1H3/t13-,15-/m1/s1. The van der Waals surface area contributed by atoms with Crippen molar-refractivity contribution in [1.82, 2.24) is 4.90 Å². The molecule has 2 aliphatic rings. The number of aryl methyl sites for hydroxylation is 1.